The van der Waals surface area contributed by atoms with Crippen LogP contribution in [0.3, 0.4) is 0 Å². The molecule has 0 atom stereocenters. The van der Waals surface area contributed by atoms with E-state index in [0.29, 0.717) is 17.8 Å². The van der Waals surface area contributed by atoms with Crippen LogP contribution in [-0.2, 0) is 18.4 Å². The predicted molar refractivity (Wildman–Crippen MR) is 74.6 cm³/mol. The molecular formula is C15H15N3O2. The number of aryl methyl sites for hydroxylation is 3. The zero-order valence-electron chi connectivity index (χ0n) is 11.7. The molecule has 5 heteroatoms. The van der Waals surface area contributed by atoms with Crippen LogP contribution in [0.4, 0.5) is 5.69 Å². The molecule has 0 unspecified atom stereocenters. The molecule has 1 aliphatic rings. The summed E-state index contributed by atoms with van der Waals surface area (Å²) in [5.41, 5.74) is 3.87. The summed E-state index contributed by atoms with van der Waals surface area (Å²) < 4.78 is 1.68. The average Bonchev–Trinajstić information content (AvgIpc) is 2.87. The van der Waals surface area contributed by atoms with Crippen molar-refractivity contribution < 1.29 is 9.59 Å². The van der Waals surface area contributed by atoms with Gasteiger partial charge in [-0.1, -0.05) is 6.07 Å². The minimum absolute atomic E-state index is 0.321. The molecule has 3 rings (SSSR count). The molecule has 1 aromatic heterocycles. The number of Topliss-reactive ketones (excluding diaryl/α,β-unsaturated/α-hetero) is 1. The number of hydrogen-bond acceptors (Lipinski definition) is 3. The Bertz CT molecular complexity index is 731. The van der Waals surface area contributed by atoms with E-state index in [1.165, 1.54) is 4.90 Å². The van der Waals surface area contributed by atoms with Gasteiger partial charge in [0.05, 0.1) is 23.5 Å². The molecule has 102 valence electrons. The van der Waals surface area contributed by atoms with E-state index in [0.717, 1.165) is 16.8 Å². The first-order valence-electron chi connectivity index (χ1n) is 6.43. The lowest BCUT2D eigenvalue weighted by Crippen LogP contribution is -2.29. The molecule has 2 heterocycles. The second-order valence-corrected chi connectivity index (χ2v) is 5.18. The highest BCUT2D eigenvalue weighted by atomic mass is 16.2. The standard InChI is InChI=1S/C15H15N3O2/c1-9-6-10(2)13-12(7-9)18(15(20)14(13)19)8-11-4-5-17(3)16-11/h4-7H,8H2,1-3H3. The quantitative estimate of drug-likeness (QED) is 0.781. The van der Waals surface area contributed by atoms with Gasteiger partial charge in [-0.3, -0.25) is 19.2 Å². The van der Waals surface area contributed by atoms with Crippen LogP contribution < -0.4 is 4.90 Å². The van der Waals surface area contributed by atoms with Gasteiger partial charge in [0.25, 0.3) is 11.7 Å². The van der Waals surface area contributed by atoms with Gasteiger partial charge in [-0.05, 0) is 37.1 Å². The minimum Gasteiger partial charge on any atom is -0.299 e. The van der Waals surface area contributed by atoms with Crippen molar-refractivity contribution >= 4 is 17.4 Å². The summed E-state index contributed by atoms with van der Waals surface area (Å²) in [6.45, 7) is 4.14. The smallest absolute Gasteiger partial charge is 0.299 e. The molecule has 0 aliphatic carbocycles. The molecule has 0 saturated carbocycles. The molecule has 5 nitrogen and oxygen atoms in total. The molecule has 0 spiro atoms. The van der Waals surface area contributed by atoms with Gasteiger partial charge in [-0.2, -0.15) is 5.10 Å². The summed E-state index contributed by atoms with van der Waals surface area (Å²) >= 11 is 0. The van der Waals surface area contributed by atoms with E-state index in [4.69, 9.17) is 0 Å². The van der Waals surface area contributed by atoms with Gasteiger partial charge in [0.15, 0.2) is 0 Å². The van der Waals surface area contributed by atoms with Crippen LogP contribution in [0, 0.1) is 13.8 Å². The minimum atomic E-state index is -0.473. The number of fused-ring (bicyclic) bond motifs is 1. The molecule has 1 amide bonds. The Morgan fingerprint density at radius 1 is 1.20 bits per heavy atom. The van der Waals surface area contributed by atoms with Crippen LogP contribution in [0.15, 0.2) is 24.4 Å². The van der Waals surface area contributed by atoms with Crippen LogP contribution >= 0.6 is 0 Å². The number of hydrogen-bond donors (Lipinski definition) is 0. The van der Waals surface area contributed by atoms with E-state index in [9.17, 15) is 9.59 Å². The van der Waals surface area contributed by atoms with Gasteiger partial charge in [0, 0.05) is 13.2 Å². The van der Waals surface area contributed by atoms with Crippen molar-refractivity contribution in [2.24, 2.45) is 7.05 Å². The first-order valence-corrected chi connectivity index (χ1v) is 6.43. The Hall–Kier alpha value is -2.43. The SMILES string of the molecule is Cc1cc(C)c2c(c1)N(Cc1ccn(C)n1)C(=O)C2=O. The third-order valence-corrected chi connectivity index (χ3v) is 3.51. The van der Waals surface area contributed by atoms with E-state index in [1.54, 1.807) is 4.68 Å². The third-order valence-electron chi connectivity index (χ3n) is 3.51. The Morgan fingerprint density at radius 3 is 2.60 bits per heavy atom. The fraction of sp³-hybridized carbons (Fsp3) is 0.267. The van der Waals surface area contributed by atoms with Gasteiger partial charge in [0.1, 0.15) is 0 Å². The number of nitrogens with zero attached hydrogens (tertiary/aromatic N) is 3. The molecule has 1 aliphatic heterocycles. The van der Waals surface area contributed by atoms with Crippen molar-refractivity contribution in [3.63, 3.8) is 0 Å². The van der Waals surface area contributed by atoms with Gasteiger partial charge in [0.2, 0.25) is 0 Å². The van der Waals surface area contributed by atoms with Crippen molar-refractivity contribution in [2.75, 3.05) is 4.90 Å². The van der Waals surface area contributed by atoms with Crippen molar-refractivity contribution in [1.82, 2.24) is 9.78 Å². The monoisotopic (exact) mass is 269 g/mol. The summed E-state index contributed by atoms with van der Waals surface area (Å²) in [4.78, 5) is 25.8. The third kappa shape index (κ3) is 1.82. The normalized spacial score (nSPS) is 14.1. The van der Waals surface area contributed by atoms with E-state index in [2.05, 4.69) is 5.10 Å². The lowest BCUT2D eigenvalue weighted by molar-refractivity contribution is -0.114. The van der Waals surface area contributed by atoms with E-state index in [1.807, 2.05) is 45.3 Å². The number of anilines is 1. The second-order valence-electron chi connectivity index (χ2n) is 5.18. The second kappa shape index (κ2) is 4.30. The number of carbonyl (C=O) groups is 2. The number of ketones is 1. The summed E-state index contributed by atoms with van der Waals surface area (Å²) in [7, 11) is 1.82. The number of carbonyl (C=O) groups excluding carboxylic acids is 2. The summed E-state index contributed by atoms with van der Waals surface area (Å²) in [6.07, 6.45) is 1.82. The van der Waals surface area contributed by atoms with Crippen molar-refractivity contribution in [3.05, 3.63) is 46.8 Å². The molecule has 1 aromatic carbocycles. The highest BCUT2D eigenvalue weighted by Gasteiger charge is 2.37. The Labute approximate surface area is 116 Å². The van der Waals surface area contributed by atoms with Gasteiger partial charge < -0.3 is 0 Å². The predicted octanol–water partition coefficient (Wildman–Crippen LogP) is 1.77. The van der Waals surface area contributed by atoms with Crippen LogP contribution in [0.25, 0.3) is 0 Å². The number of aromatic nitrogens is 2. The number of benzene rings is 1. The lowest BCUT2D eigenvalue weighted by atomic mass is 10.0. The van der Waals surface area contributed by atoms with E-state index >= 15 is 0 Å². The molecular weight excluding hydrogens is 254 g/mol. The largest absolute Gasteiger partial charge is 0.299 e. The molecule has 0 bridgehead atoms. The maximum atomic E-state index is 12.2. The van der Waals surface area contributed by atoms with Crippen LogP contribution in [0.5, 0.6) is 0 Å². The zero-order chi connectivity index (χ0) is 14.4. The first kappa shape index (κ1) is 12.6. The summed E-state index contributed by atoms with van der Waals surface area (Å²) in [6, 6.07) is 5.65. The molecule has 0 radical (unpaired) electrons. The maximum absolute atomic E-state index is 12.2. The Balaban J connectivity index is 2.06. The maximum Gasteiger partial charge on any atom is 0.299 e. The van der Waals surface area contributed by atoms with Gasteiger partial charge in [-0.25, -0.2) is 0 Å². The molecule has 20 heavy (non-hydrogen) atoms. The molecule has 2 aromatic rings. The molecule has 0 N–H and O–H groups in total. The first-order chi connectivity index (χ1) is 9.47. The van der Waals surface area contributed by atoms with Crippen LogP contribution in [-0.4, -0.2) is 21.5 Å². The number of rotatable bonds is 2. The lowest BCUT2D eigenvalue weighted by Gasteiger charge is -2.16. The van der Waals surface area contributed by atoms with Crippen LogP contribution in [0.1, 0.15) is 27.2 Å². The summed E-state index contributed by atoms with van der Waals surface area (Å²) in [5.74, 6) is -0.896. The fourth-order valence-electron chi connectivity index (χ4n) is 2.66. The van der Waals surface area contributed by atoms with E-state index in [-0.39, 0.29) is 0 Å². The molecule has 0 saturated heterocycles. The zero-order valence-corrected chi connectivity index (χ0v) is 11.7. The molecule has 0 fully saturated rings. The highest BCUT2D eigenvalue weighted by Crippen LogP contribution is 2.33. The topological polar surface area (TPSA) is 55.2 Å². The number of amides is 1. The average molecular weight is 269 g/mol. The van der Waals surface area contributed by atoms with Crippen molar-refractivity contribution in [1.29, 1.82) is 0 Å². The van der Waals surface area contributed by atoms with Crippen molar-refractivity contribution in [3.8, 4) is 0 Å². The van der Waals surface area contributed by atoms with Gasteiger partial charge >= 0.3 is 0 Å². The highest BCUT2D eigenvalue weighted by molar-refractivity contribution is 6.52. The Kier molecular flexibility index (Phi) is 2.71. The van der Waals surface area contributed by atoms with Crippen molar-refractivity contribution in [2.45, 2.75) is 20.4 Å². The van der Waals surface area contributed by atoms with E-state index < -0.39 is 11.7 Å². The van der Waals surface area contributed by atoms with Gasteiger partial charge in [-0.15, -0.1) is 0 Å². The Morgan fingerprint density at radius 2 is 1.95 bits per heavy atom. The van der Waals surface area contributed by atoms with Crippen LogP contribution in [0.2, 0.25) is 0 Å². The fourth-order valence-corrected chi connectivity index (χ4v) is 2.66. The summed E-state index contributed by atoms with van der Waals surface area (Å²) in [5, 5.41) is 4.26.